The maximum Gasteiger partial charge on any atom is 0.416 e. The van der Waals surface area contributed by atoms with Crippen LogP contribution in [0.4, 0.5) is 13.2 Å². The molecule has 0 amide bonds. The van der Waals surface area contributed by atoms with E-state index in [1.165, 1.54) is 12.3 Å². The van der Waals surface area contributed by atoms with Gasteiger partial charge in [0.1, 0.15) is 6.26 Å². The number of aromatic nitrogens is 1. The molecule has 0 radical (unpaired) electrons. The van der Waals surface area contributed by atoms with Crippen molar-refractivity contribution in [2.24, 2.45) is 0 Å². The van der Waals surface area contributed by atoms with Crippen molar-refractivity contribution in [2.75, 3.05) is 6.54 Å². The zero-order chi connectivity index (χ0) is 21.1. The molecule has 2 aromatic carbocycles. The average molecular weight is 422 g/mol. The molecular weight excluding hydrogens is 405 g/mol. The molecule has 9 heteroatoms. The zero-order valence-corrected chi connectivity index (χ0v) is 15.9. The lowest BCUT2D eigenvalue weighted by Crippen LogP contribution is -2.31. The summed E-state index contributed by atoms with van der Waals surface area (Å²) in [6.45, 7) is 3.24. The number of rotatable bonds is 7. The first-order valence-electron chi connectivity index (χ1n) is 8.50. The van der Waals surface area contributed by atoms with E-state index in [2.05, 4.69) is 11.6 Å². The van der Waals surface area contributed by atoms with Gasteiger partial charge in [-0.3, -0.25) is 0 Å². The summed E-state index contributed by atoms with van der Waals surface area (Å²) >= 11 is 0. The quantitative estimate of drug-likeness (QED) is 0.516. The maximum absolute atomic E-state index is 13.0. The van der Waals surface area contributed by atoms with Crippen LogP contribution in [0.1, 0.15) is 11.3 Å². The standard InChI is InChI=1S/C20H17F3N2O3S/c1-2-11-25(13-17-14-28-19(24-17)15-7-4-3-5-8-15)29(26,27)18-10-6-9-16(12-18)20(21,22)23/h2-10,12,14H,1,11,13H2. The van der Waals surface area contributed by atoms with E-state index in [9.17, 15) is 21.6 Å². The summed E-state index contributed by atoms with van der Waals surface area (Å²) < 4.78 is 71.2. The summed E-state index contributed by atoms with van der Waals surface area (Å²) in [6.07, 6.45) is -1.98. The Morgan fingerprint density at radius 3 is 2.48 bits per heavy atom. The molecule has 3 rings (SSSR count). The molecule has 0 unspecified atom stereocenters. The van der Waals surface area contributed by atoms with Gasteiger partial charge in [0.25, 0.3) is 0 Å². The second-order valence-corrected chi connectivity index (χ2v) is 8.06. The minimum Gasteiger partial charge on any atom is -0.444 e. The molecule has 0 bridgehead atoms. The van der Waals surface area contributed by atoms with Crippen LogP contribution in [-0.4, -0.2) is 24.3 Å². The van der Waals surface area contributed by atoms with Crippen molar-refractivity contribution in [3.8, 4) is 11.5 Å². The summed E-state index contributed by atoms with van der Waals surface area (Å²) in [5.74, 6) is 0.315. The monoisotopic (exact) mass is 422 g/mol. The van der Waals surface area contributed by atoms with Crippen LogP contribution < -0.4 is 0 Å². The van der Waals surface area contributed by atoms with Gasteiger partial charge in [-0.2, -0.15) is 17.5 Å². The van der Waals surface area contributed by atoms with Gasteiger partial charge < -0.3 is 4.42 Å². The molecule has 0 spiro atoms. The normalized spacial score (nSPS) is 12.3. The van der Waals surface area contributed by atoms with E-state index >= 15 is 0 Å². The first-order chi connectivity index (χ1) is 13.7. The Balaban J connectivity index is 1.90. The Morgan fingerprint density at radius 1 is 1.10 bits per heavy atom. The Morgan fingerprint density at radius 2 is 1.83 bits per heavy atom. The summed E-state index contributed by atoms with van der Waals surface area (Å²) in [6, 6.07) is 12.6. The molecule has 0 N–H and O–H groups in total. The number of hydrogen-bond donors (Lipinski definition) is 0. The fraction of sp³-hybridized carbons (Fsp3) is 0.150. The topological polar surface area (TPSA) is 63.4 Å². The third-order valence-electron chi connectivity index (χ3n) is 4.04. The molecule has 0 fully saturated rings. The summed E-state index contributed by atoms with van der Waals surface area (Å²) in [5, 5.41) is 0. The first-order valence-corrected chi connectivity index (χ1v) is 9.94. The average Bonchev–Trinajstić information content (AvgIpc) is 3.16. The molecule has 0 atom stereocenters. The molecule has 0 saturated heterocycles. The maximum atomic E-state index is 13.0. The Kier molecular flexibility index (Phi) is 5.90. The third kappa shape index (κ3) is 4.75. The molecule has 29 heavy (non-hydrogen) atoms. The van der Waals surface area contributed by atoms with E-state index in [1.54, 1.807) is 24.3 Å². The molecule has 152 valence electrons. The Bertz CT molecular complexity index is 1090. The smallest absolute Gasteiger partial charge is 0.416 e. The van der Waals surface area contributed by atoms with Crippen molar-refractivity contribution in [3.63, 3.8) is 0 Å². The van der Waals surface area contributed by atoms with Crippen molar-refractivity contribution >= 4 is 10.0 Å². The van der Waals surface area contributed by atoms with Gasteiger partial charge in [-0.25, -0.2) is 13.4 Å². The molecule has 1 heterocycles. The van der Waals surface area contributed by atoms with Crippen molar-refractivity contribution < 1.29 is 26.0 Å². The van der Waals surface area contributed by atoms with Crippen molar-refractivity contribution in [1.82, 2.24) is 9.29 Å². The second kappa shape index (κ2) is 8.22. The highest BCUT2D eigenvalue weighted by Gasteiger charge is 2.33. The first kappa shape index (κ1) is 20.8. The predicted molar refractivity (Wildman–Crippen MR) is 101 cm³/mol. The van der Waals surface area contributed by atoms with Crippen molar-refractivity contribution in [1.29, 1.82) is 0 Å². The summed E-state index contributed by atoms with van der Waals surface area (Å²) in [4.78, 5) is 3.82. The molecule has 5 nitrogen and oxygen atoms in total. The molecule has 0 saturated carbocycles. The van der Waals surface area contributed by atoms with Gasteiger partial charge >= 0.3 is 6.18 Å². The van der Waals surface area contributed by atoms with E-state index in [0.717, 1.165) is 28.1 Å². The Hall–Kier alpha value is -2.91. The van der Waals surface area contributed by atoms with Crippen LogP contribution in [0, 0.1) is 0 Å². The van der Waals surface area contributed by atoms with Gasteiger partial charge in [0.2, 0.25) is 15.9 Å². The second-order valence-electron chi connectivity index (χ2n) is 6.12. The van der Waals surface area contributed by atoms with Crippen molar-refractivity contribution in [3.05, 3.63) is 84.8 Å². The van der Waals surface area contributed by atoms with Gasteiger partial charge in [-0.05, 0) is 30.3 Å². The molecule has 0 aliphatic rings. The number of nitrogens with zero attached hydrogens (tertiary/aromatic N) is 2. The highest BCUT2D eigenvalue weighted by atomic mass is 32.2. The lowest BCUT2D eigenvalue weighted by molar-refractivity contribution is -0.137. The van der Waals surface area contributed by atoms with Crippen LogP contribution in [0.3, 0.4) is 0 Å². The lowest BCUT2D eigenvalue weighted by atomic mass is 10.2. The molecular formula is C20H17F3N2O3S. The molecule has 1 aromatic heterocycles. The number of alkyl halides is 3. The zero-order valence-electron chi connectivity index (χ0n) is 15.1. The van der Waals surface area contributed by atoms with E-state index in [-0.39, 0.29) is 13.1 Å². The minimum atomic E-state index is -4.65. The van der Waals surface area contributed by atoms with Gasteiger partial charge in [0.15, 0.2) is 0 Å². The summed E-state index contributed by atoms with van der Waals surface area (Å²) in [7, 11) is -4.22. The van der Waals surface area contributed by atoms with Crippen LogP contribution in [0.25, 0.3) is 11.5 Å². The Labute approximate surface area is 166 Å². The van der Waals surface area contributed by atoms with E-state index in [4.69, 9.17) is 4.42 Å². The van der Waals surface area contributed by atoms with Gasteiger partial charge in [0.05, 0.1) is 22.7 Å². The van der Waals surface area contributed by atoms with Gasteiger partial charge in [-0.1, -0.05) is 30.3 Å². The van der Waals surface area contributed by atoms with Crippen LogP contribution in [0.5, 0.6) is 0 Å². The predicted octanol–water partition coefficient (Wildman–Crippen LogP) is 4.74. The van der Waals surface area contributed by atoms with Crippen LogP contribution in [0.2, 0.25) is 0 Å². The lowest BCUT2D eigenvalue weighted by Gasteiger charge is -2.20. The van der Waals surface area contributed by atoms with E-state index in [0.29, 0.717) is 17.7 Å². The van der Waals surface area contributed by atoms with Gasteiger partial charge in [0, 0.05) is 12.1 Å². The van der Waals surface area contributed by atoms with Crippen LogP contribution in [-0.2, 0) is 22.7 Å². The van der Waals surface area contributed by atoms with Crippen molar-refractivity contribution in [2.45, 2.75) is 17.6 Å². The van der Waals surface area contributed by atoms with Gasteiger partial charge in [-0.15, -0.1) is 6.58 Å². The number of oxazole rings is 1. The third-order valence-corrected chi connectivity index (χ3v) is 5.85. The van der Waals surface area contributed by atoms with Crippen LogP contribution in [0.15, 0.2) is 82.8 Å². The highest BCUT2D eigenvalue weighted by Crippen LogP contribution is 2.31. The minimum absolute atomic E-state index is 0.105. The molecule has 0 aliphatic heterocycles. The number of sulfonamides is 1. The number of benzene rings is 2. The fourth-order valence-electron chi connectivity index (χ4n) is 2.65. The van der Waals surface area contributed by atoms with E-state index < -0.39 is 26.7 Å². The SMILES string of the molecule is C=CCN(Cc1coc(-c2ccccc2)n1)S(=O)(=O)c1cccc(C(F)(F)F)c1. The van der Waals surface area contributed by atoms with Crippen LogP contribution >= 0.6 is 0 Å². The van der Waals surface area contributed by atoms with E-state index in [1.807, 2.05) is 6.07 Å². The fourth-order valence-corrected chi connectivity index (χ4v) is 4.08. The molecule has 0 aliphatic carbocycles. The molecule has 3 aromatic rings. The summed E-state index contributed by atoms with van der Waals surface area (Å²) in [5.41, 5.74) is 0.000869. The number of hydrogen-bond acceptors (Lipinski definition) is 4. The number of halogens is 3. The largest absolute Gasteiger partial charge is 0.444 e. The highest BCUT2D eigenvalue weighted by molar-refractivity contribution is 7.89.